The van der Waals surface area contributed by atoms with E-state index in [2.05, 4.69) is 5.32 Å². The first-order valence-corrected chi connectivity index (χ1v) is 7.40. The van der Waals surface area contributed by atoms with Gasteiger partial charge in [-0.25, -0.2) is 8.42 Å². The lowest BCUT2D eigenvalue weighted by Gasteiger charge is -2.15. The Labute approximate surface area is 103 Å². The zero-order chi connectivity index (χ0) is 12.9. The smallest absolute Gasteiger partial charge is 0.152 e. The maximum absolute atomic E-state index is 11.5. The van der Waals surface area contributed by atoms with Crippen molar-refractivity contribution in [2.75, 3.05) is 23.9 Å². The highest BCUT2D eigenvalue weighted by atomic mass is 32.2. The molecular weight excluding hydrogens is 238 g/mol. The van der Waals surface area contributed by atoms with Gasteiger partial charge in [0.2, 0.25) is 0 Å². The molecule has 0 aliphatic rings. The molecule has 0 saturated carbocycles. The predicted molar refractivity (Wildman–Crippen MR) is 70.4 cm³/mol. The van der Waals surface area contributed by atoms with Crippen molar-refractivity contribution < 1.29 is 13.2 Å². The van der Waals surface area contributed by atoms with E-state index in [1.54, 1.807) is 14.0 Å². The van der Waals surface area contributed by atoms with Crippen LogP contribution < -0.4 is 10.1 Å². The molecule has 1 unspecified atom stereocenters. The summed E-state index contributed by atoms with van der Waals surface area (Å²) in [4.78, 5) is 0. The number of anilines is 1. The lowest BCUT2D eigenvalue weighted by Crippen LogP contribution is -2.26. The van der Waals surface area contributed by atoms with E-state index in [9.17, 15) is 8.42 Å². The second-order valence-corrected chi connectivity index (χ2v) is 6.37. The lowest BCUT2D eigenvalue weighted by atomic mass is 10.2. The quantitative estimate of drug-likeness (QED) is 0.846. The highest BCUT2D eigenvalue weighted by Gasteiger charge is 2.13. The Kier molecular flexibility index (Phi) is 4.81. The lowest BCUT2D eigenvalue weighted by molar-refractivity contribution is 0.415. The molecule has 0 bridgehead atoms. The molecule has 1 N–H and O–H groups in total. The molecule has 0 saturated heterocycles. The maximum atomic E-state index is 11.5. The van der Waals surface area contributed by atoms with Crippen molar-refractivity contribution in [3.8, 4) is 5.75 Å². The number of nitrogens with one attached hydrogen (secondary N) is 1. The Hall–Kier alpha value is -1.23. The minimum absolute atomic E-state index is 0.118. The third kappa shape index (κ3) is 4.65. The van der Waals surface area contributed by atoms with Crippen molar-refractivity contribution in [3.05, 3.63) is 24.3 Å². The summed E-state index contributed by atoms with van der Waals surface area (Å²) in [6.07, 6.45) is 0. The van der Waals surface area contributed by atoms with E-state index >= 15 is 0 Å². The van der Waals surface area contributed by atoms with Crippen LogP contribution in [0.3, 0.4) is 0 Å². The largest absolute Gasteiger partial charge is 0.497 e. The summed E-state index contributed by atoms with van der Waals surface area (Å²) in [5.74, 6) is 1.07. The van der Waals surface area contributed by atoms with Crippen LogP contribution in [0.5, 0.6) is 5.75 Å². The number of ether oxygens (including phenoxy) is 1. The predicted octanol–water partition coefficient (Wildman–Crippen LogP) is 1.93. The molecule has 4 nitrogen and oxygen atoms in total. The van der Waals surface area contributed by atoms with E-state index in [4.69, 9.17) is 4.74 Å². The SMILES string of the molecule is CCS(=O)(=O)CC(C)Nc1cccc(OC)c1. The highest BCUT2D eigenvalue weighted by molar-refractivity contribution is 7.91. The fourth-order valence-corrected chi connectivity index (χ4v) is 2.62. The van der Waals surface area contributed by atoms with Crippen LogP contribution in [0.25, 0.3) is 0 Å². The van der Waals surface area contributed by atoms with Crippen LogP contribution in [0.15, 0.2) is 24.3 Å². The fourth-order valence-electron chi connectivity index (χ4n) is 1.54. The monoisotopic (exact) mass is 257 g/mol. The van der Waals surface area contributed by atoms with E-state index in [1.807, 2.05) is 31.2 Å². The molecule has 1 aromatic carbocycles. The second kappa shape index (κ2) is 5.91. The molecule has 17 heavy (non-hydrogen) atoms. The number of benzene rings is 1. The third-order valence-electron chi connectivity index (χ3n) is 2.43. The number of sulfone groups is 1. The zero-order valence-electron chi connectivity index (χ0n) is 10.4. The van der Waals surface area contributed by atoms with Crippen LogP contribution in [0.2, 0.25) is 0 Å². The molecule has 1 rings (SSSR count). The number of rotatable bonds is 6. The molecule has 0 heterocycles. The first-order chi connectivity index (χ1) is 7.96. The normalized spacial score (nSPS) is 13.1. The van der Waals surface area contributed by atoms with Crippen molar-refractivity contribution >= 4 is 15.5 Å². The molecule has 5 heteroatoms. The average Bonchev–Trinajstić information content (AvgIpc) is 2.28. The van der Waals surface area contributed by atoms with Crippen LogP contribution in [0.1, 0.15) is 13.8 Å². The standard InChI is InChI=1S/C12H19NO3S/c1-4-17(14,15)9-10(2)13-11-6-5-7-12(8-11)16-3/h5-8,10,13H,4,9H2,1-3H3. The highest BCUT2D eigenvalue weighted by Crippen LogP contribution is 2.17. The molecule has 0 fully saturated rings. The third-order valence-corrected chi connectivity index (χ3v) is 4.31. The first kappa shape index (κ1) is 13.8. The van der Waals surface area contributed by atoms with Crippen molar-refractivity contribution in [1.82, 2.24) is 0 Å². The van der Waals surface area contributed by atoms with Gasteiger partial charge in [-0.05, 0) is 19.1 Å². The van der Waals surface area contributed by atoms with Crippen LogP contribution in [0, 0.1) is 0 Å². The molecule has 0 aromatic heterocycles. The van der Waals surface area contributed by atoms with E-state index in [0.29, 0.717) is 0 Å². The zero-order valence-corrected chi connectivity index (χ0v) is 11.3. The minimum Gasteiger partial charge on any atom is -0.497 e. The average molecular weight is 257 g/mol. The number of methoxy groups -OCH3 is 1. The molecule has 0 aliphatic carbocycles. The Balaban J connectivity index is 2.64. The van der Waals surface area contributed by atoms with E-state index in [0.717, 1.165) is 11.4 Å². The summed E-state index contributed by atoms with van der Waals surface area (Å²) in [6.45, 7) is 3.51. The molecule has 1 aromatic rings. The Morgan fingerprint density at radius 1 is 1.41 bits per heavy atom. The van der Waals surface area contributed by atoms with Crippen LogP contribution in [-0.2, 0) is 9.84 Å². The van der Waals surface area contributed by atoms with Crippen molar-refractivity contribution in [1.29, 1.82) is 0 Å². The van der Waals surface area contributed by atoms with Gasteiger partial charge in [0.05, 0.1) is 12.9 Å². The molecule has 0 aliphatic heterocycles. The number of hydrogen-bond acceptors (Lipinski definition) is 4. The summed E-state index contributed by atoms with van der Waals surface area (Å²) in [6, 6.07) is 7.32. The van der Waals surface area contributed by atoms with Gasteiger partial charge in [-0.2, -0.15) is 0 Å². The van der Waals surface area contributed by atoms with Gasteiger partial charge >= 0.3 is 0 Å². The van der Waals surface area contributed by atoms with Crippen molar-refractivity contribution in [3.63, 3.8) is 0 Å². The summed E-state index contributed by atoms with van der Waals surface area (Å²) in [7, 11) is -1.35. The van der Waals surface area contributed by atoms with Crippen LogP contribution in [0.4, 0.5) is 5.69 Å². The summed E-state index contributed by atoms with van der Waals surface area (Å²) in [5.41, 5.74) is 0.864. The van der Waals surface area contributed by atoms with Gasteiger partial charge in [-0.15, -0.1) is 0 Å². The van der Waals surface area contributed by atoms with E-state index in [1.165, 1.54) is 0 Å². The van der Waals surface area contributed by atoms with Crippen molar-refractivity contribution in [2.24, 2.45) is 0 Å². The fraction of sp³-hybridized carbons (Fsp3) is 0.500. The van der Waals surface area contributed by atoms with E-state index in [-0.39, 0.29) is 17.5 Å². The Morgan fingerprint density at radius 2 is 2.12 bits per heavy atom. The van der Waals surface area contributed by atoms with Gasteiger partial charge in [-0.3, -0.25) is 0 Å². The minimum atomic E-state index is -2.95. The first-order valence-electron chi connectivity index (χ1n) is 5.58. The van der Waals surface area contributed by atoms with Gasteiger partial charge in [-0.1, -0.05) is 13.0 Å². The van der Waals surface area contributed by atoms with Gasteiger partial charge in [0.25, 0.3) is 0 Å². The van der Waals surface area contributed by atoms with Gasteiger partial charge in [0.1, 0.15) is 5.75 Å². The number of hydrogen-bond donors (Lipinski definition) is 1. The van der Waals surface area contributed by atoms with Gasteiger partial charge in [0, 0.05) is 23.5 Å². The Morgan fingerprint density at radius 3 is 2.71 bits per heavy atom. The maximum Gasteiger partial charge on any atom is 0.152 e. The molecule has 0 amide bonds. The molecule has 1 atom stereocenters. The second-order valence-electron chi connectivity index (χ2n) is 3.98. The molecule has 0 spiro atoms. The summed E-state index contributed by atoms with van der Waals surface area (Å²) < 4.78 is 28.0. The van der Waals surface area contributed by atoms with Gasteiger partial charge in [0.15, 0.2) is 9.84 Å². The van der Waals surface area contributed by atoms with Crippen LogP contribution >= 0.6 is 0 Å². The summed E-state index contributed by atoms with van der Waals surface area (Å²) in [5, 5.41) is 3.15. The molecule has 96 valence electrons. The van der Waals surface area contributed by atoms with E-state index < -0.39 is 9.84 Å². The molecule has 0 radical (unpaired) electrons. The Bertz CT molecular complexity index is 457. The summed E-state index contributed by atoms with van der Waals surface area (Å²) >= 11 is 0. The van der Waals surface area contributed by atoms with Crippen LogP contribution in [-0.4, -0.2) is 33.1 Å². The van der Waals surface area contributed by atoms with Crippen molar-refractivity contribution in [2.45, 2.75) is 19.9 Å². The molecular formula is C12H19NO3S. The van der Waals surface area contributed by atoms with Gasteiger partial charge < -0.3 is 10.1 Å². The topological polar surface area (TPSA) is 55.4 Å².